The highest BCUT2D eigenvalue weighted by molar-refractivity contribution is 6.24. The summed E-state index contributed by atoms with van der Waals surface area (Å²) in [4.78, 5) is 12.8. The second-order valence-electron chi connectivity index (χ2n) is 5.65. The number of hydrogen-bond acceptors (Lipinski definition) is 3. The number of hydrogen-bond donors (Lipinski definition) is 0. The van der Waals surface area contributed by atoms with Crippen LogP contribution in [0.15, 0.2) is 66.4 Å². The van der Waals surface area contributed by atoms with Crippen LogP contribution in [0, 0.1) is 0 Å². The molecule has 0 aliphatic heterocycles. The van der Waals surface area contributed by atoms with Crippen LogP contribution in [0.5, 0.6) is 0 Å². The molecule has 3 nitrogen and oxygen atoms in total. The van der Waals surface area contributed by atoms with Crippen molar-refractivity contribution in [3.63, 3.8) is 0 Å². The zero-order chi connectivity index (χ0) is 16.7. The largest absolute Gasteiger partial charge is 0.492 e. The molecule has 3 aromatic carbocycles. The molecule has 0 aromatic heterocycles. The van der Waals surface area contributed by atoms with Crippen LogP contribution < -0.4 is 0 Å². The molecular formula is C21H16O3. The first-order valence-corrected chi connectivity index (χ1v) is 7.74. The molecule has 3 heteroatoms. The predicted octanol–water partition coefficient (Wildman–Crippen LogP) is 4.66. The van der Waals surface area contributed by atoms with Crippen LogP contribution in [0.3, 0.4) is 0 Å². The van der Waals surface area contributed by atoms with E-state index in [1.807, 2.05) is 42.5 Å². The normalized spacial score (nSPS) is 13.3. The van der Waals surface area contributed by atoms with Gasteiger partial charge in [-0.15, -0.1) is 0 Å². The smallest absolute Gasteiger partial charge is 0.232 e. The molecule has 0 heterocycles. The summed E-state index contributed by atoms with van der Waals surface area (Å²) >= 11 is 0. The molecule has 0 radical (unpaired) electrons. The fourth-order valence-corrected chi connectivity index (χ4v) is 3.38. The third-order valence-corrected chi connectivity index (χ3v) is 4.42. The van der Waals surface area contributed by atoms with Gasteiger partial charge < -0.3 is 9.47 Å². The number of benzene rings is 3. The Morgan fingerprint density at radius 1 is 0.708 bits per heavy atom. The number of carbonyl (C=O) groups excluding carboxylic acids is 1. The summed E-state index contributed by atoms with van der Waals surface area (Å²) in [6.07, 6.45) is 0. The van der Waals surface area contributed by atoms with Gasteiger partial charge >= 0.3 is 0 Å². The van der Waals surface area contributed by atoms with E-state index in [9.17, 15) is 4.79 Å². The molecule has 0 saturated carbocycles. The van der Waals surface area contributed by atoms with Gasteiger partial charge in [0.15, 0.2) is 5.76 Å². The summed E-state index contributed by atoms with van der Waals surface area (Å²) in [5, 5.41) is 1.93. The molecule has 118 valence electrons. The Hall–Kier alpha value is -3.07. The second kappa shape index (κ2) is 5.53. The lowest BCUT2D eigenvalue weighted by atomic mass is 9.85. The van der Waals surface area contributed by atoms with Crippen LogP contribution in [-0.2, 0) is 9.47 Å². The molecule has 0 unspecified atom stereocenters. The lowest BCUT2D eigenvalue weighted by molar-refractivity contribution is 0.0946. The maximum absolute atomic E-state index is 12.8. The predicted molar refractivity (Wildman–Crippen MR) is 94.7 cm³/mol. The Bertz CT molecular complexity index is 985. The first-order valence-electron chi connectivity index (χ1n) is 7.74. The van der Waals surface area contributed by atoms with Gasteiger partial charge in [0.25, 0.3) is 0 Å². The van der Waals surface area contributed by atoms with Gasteiger partial charge in [-0.25, -0.2) is 0 Å². The average molecular weight is 316 g/mol. The molecule has 24 heavy (non-hydrogen) atoms. The van der Waals surface area contributed by atoms with Gasteiger partial charge in [-0.1, -0.05) is 60.7 Å². The summed E-state index contributed by atoms with van der Waals surface area (Å²) in [7, 11) is 3.08. The maximum atomic E-state index is 12.8. The lowest BCUT2D eigenvalue weighted by Crippen LogP contribution is -2.15. The first-order chi connectivity index (χ1) is 11.8. The third kappa shape index (κ3) is 1.95. The van der Waals surface area contributed by atoms with Crippen LogP contribution in [0.1, 0.15) is 15.9 Å². The standard InChI is InChI=1S/C21H16O3/c1-23-20-18-15(13-7-4-3-5-8-13)12-11-14-9-6-10-16(17(14)18)19(22)21(20)24-2/h3-12H,1-2H3. The first kappa shape index (κ1) is 14.5. The molecule has 0 atom stereocenters. The number of ketones is 1. The molecule has 4 rings (SSSR count). The van der Waals surface area contributed by atoms with E-state index >= 15 is 0 Å². The number of allylic oxidation sites excluding steroid dienone is 1. The van der Waals surface area contributed by atoms with E-state index in [1.165, 1.54) is 7.11 Å². The van der Waals surface area contributed by atoms with Crippen molar-refractivity contribution in [2.45, 2.75) is 0 Å². The van der Waals surface area contributed by atoms with Crippen molar-refractivity contribution in [2.75, 3.05) is 14.2 Å². The molecule has 0 N–H and O–H groups in total. The number of rotatable bonds is 3. The van der Waals surface area contributed by atoms with E-state index in [1.54, 1.807) is 7.11 Å². The fourth-order valence-electron chi connectivity index (χ4n) is 3.38. The van der Waals surface area contributed by atoms with Gasteiger partial charge in [0.1, 0.15) is 0 Å². The molecule has 0 spiro atoms. The van der Waals surface area contributed by atoms with Crippen LogP contribution in [0.2, 0.25) is 0 Å². The van der Waals surface area contributed by atoms with E-state index < -0.39 is 0 Å². The molecule has 3 aromatic rings. The Labute approximate surface area is 140 Å². The molecule has 0 saturated heterocycles. The van der Waals surface area contributed by atoms with Gasteiger partial charge in [0.05, 0.1) is 14.2 Å². The Balaban J connectivity index is 2.18. The number of carbonyl (C=O) groups is 1. The zero-order valence-corrected chi connectivity index (χ0v) is 13.5. The van der Waals surface area contributed by atoms with E-state index in [-0.39, 0.29) is 11.5 Å². The quantitative estimate of drug-likeness (QED) is 0.704. The van der Waals surface area contributed by atoms with Crippen LogP contribution in [0.4, 0.5) is 0 Å². The van der Waals surface area contributed by atoms with Gasteiger partial charge in [0.2, 0.25) is 11.5 Å². The Morgan fingerprint density at radius 2 is 1.46 bits per heavy atom. The highest BCUT2D eigenvalue weighted by Crippen LogP contribution is 2.42. The van der Waals surface area contributed by atoms with Crippen molar-refractivity contribution < 1.29 is 14.3 Å². The summed E-state index contributed by atoms with van der Waals surface area (Å²) < 4.78 is 11.0. The minimum atomic E-state index is -0.141. The van der Waals surface area contributed by atoms with E-state index in [0.717, 1.165) is 27.5 Å². The van der Waals surface area contributed by atoms with Crippen LogP contribution >= 0.6 is 0 Å². The molecular weight excluding hydrogens is 300 g/mol. The number of ether oxygens (including phenoxy) is 2. The summed E-state index contributed by atoms with van der Waals surface area (Å²) in [5.74, 6) is 0.601. The zero-order valence-electron chi connectivity index (χ0n) is 13.5. The Kier molecular flexibility index (Phi) is 3.35. The molecule has 0 bridgehead atoms. The fraction of sp³-hybridized carbons (Fsp3) is 0.0952. The second-order valence-corrected chi connectivity index (χ2v) is 5.65. The van der Waals surface area contributed by atoms with E-state index in [4.69, 9.17) is 9.47 Å². The molecule has 1 aliphatic carbocycles. The van der Waals surface area contributed by atoms with Gasteiger partial charge in [-0.05, 0) is 16.5 Å². The Morgan fingerprint density at radius 3 is 2.17 bits per heavy atom. The maximum Gasteiger partial charge on any atom is 0.232 e. The molecule has 1 aliphatic rings. The molecule has 0 fully saturated rings. The topological polar surface area (TPSA) is 35.5 Å². The van der Waals surface area contributed by atoms with Gasteiger partial charge in [-0.3, -0.25) is 4.79 Å². The van der Waals surface area contributed by atoms with Crippen LogP contribution in [0.25, 0.3) is 27.7 Å². The average Bonchev–Trinajstić information content (AvgIpc) is 2.64. The van der Waals surface area contributed by atoms with Crippen molar-refractivity contribution in [1.29, 1.82) is 0 Å². The number of methoxy groups -OCH3 is 2. The van der Waals surface area contributed by atoms with Gasteiger partial charge in [-0.2, -0.15) is 0 Å². The van der Waals surface area contributed by atoms with Crippen molar-refractivity contribution in [2.24, 2.45) is 0 Å². The van der Waals surface area contributed by atoms with Crippen LogP contribution in [-0.4, -0.2) is 20.0 Å². The SMILES string of the molecule is COC1=C(OC)c2c(-c3ccccc3)ccc3cccc(c23)C1=O. The van der Waals surface area contributed by atoms with Crippen molar-refractivity contribution >= 4 is 22.3 Å². The van der Waals surface area contributed by atoms with Crippen molar-refractivity contribution in [1.82, 2.24) is 0 Å². The lowest BCUT2D eigenvalue weighted by Gasteiger charge is -2.23. The summed E-state index contributed by atoms with van der Waals surface area (Å²) in [6, 6.07) is 19.9. The minimum Gasteiger partial charge on any atom is -0.492 e. The molecule has 0 amide bonds. The van der Waals surface area contributed by atoms with Crippen molar-refractivity contribution in [3.8, 4) is 11.1 Å². The van der Waals surface area contributed by atoms with Crippen molar-refractivity contribution in [3.05, 3.63) is 77.5 Å². The summed E-state index contributed by atoms with van der Waals surface area (Å²) in [5.41, 5.74) is 3.66. The van der Waals surface area contributed by atoms with E-state index in [2.05, 4.69) is 18.2 Å². The van der Waals surface area contributed by atoms with E-state index in [0.29, 0.717) is 11.3 Å². The number of Topliss-reactive ketones (excluding diaryl/α,β-unsaturated/α-hetero) is 1. The third-order valence-electron chi connectivity index (χ3n) is 4.42. The van der Waals surface area contributed by atoms with Gasteiger partial charge in [0, 0.05) is 16.5 Å². The highest BCUT2D eigenvalue weighted by atomic mass is 16.5. The minimum absolute atomic E-state index is 0.141. The summed E-state index contributed by atoms with van der Waals surface area (Å²) in [6.45, 7) is 0. The monoisotopic (exact) mass is 316 g/mol. The highest BCUT2D eigenvalue weighted by Gasteiger charge is 2.31.